The van der Waals surface area contributed by atoms with Crippen LogP contribution in [0.3, 0.4) is 0 Å². The number of phenols is 5. The van der Waals surface area contributed by atoms with Crippen molar-refractivity contribution in [1.29, 1.82) is 0 Å². The SMILES string of the molecule is Oc1cc(O)cc(Nc2cc(O)c(O)cc2O)c1. The minimum absolute atomic E-state index is 0.121. The zero-order chi connectivity index (χ0) is 13.3. The number of hydrogen-bond acceptors (Lipinski definition) is 6. The van der Waals surface area contributed by atoms with E-state index in [0.717, 1.165) is 18.2 Å². The molecule has 6 nitrogen and oxygen atoms in total. The molecule has 2 aromatic rings. The molecule has 0 aromatic heterocycles. The second kappa shape index (κ2) is 4.25. The average Bonchev–Trinajstić information content (AvgIpc) is 2.24. The Labute approximate surface area is 102 Å². The van der Waals surface area contributed by atoms with Crippen LogP contribution in [0.25, 0.3) is 0 Å². The quantitative estimate of drug-likeness (QED) is 0.358. The maximum absolute atomic E-state index is 9.56. The molecule has 94 valence electrons. The van der Waals surface area contributed by atoms with Crippen LogP contribution < -0.4 is 5.32 Å². The van der Waals surface area contributed by atoms with Gasteiger partial charge in [-0.3, -0.25) is 0 Å². The molecule has 2 aromatic carbocycles. The van der Waals surface area contributed by atoms with Crippen molar-refractivity contribution in [3.05, 3.63) is 30.3 Å². The minimum Gasteiger partial charge on any atom is -0.508 e. The van der Waals surface area contributed by atoms with Gasteiger partial charge >= 0.3 is 0 Å². The molecule has 6 heteroatoms. The molecule has 0 atom stereocenters. The molecule has 0 amide bonds. The molecular weight excluding hydrogens is 238 g/mol. The fourth-order valence-corrected chi connectivity index (χ4v) is 1.49. The van der Waals surface area contributed by atoms with Crippen molar-refractivity contribution in [2.45, 2.75) is 0 Å². The lowest BCUT2D eigenvalue weighted by Gasteiger charge is -2.10. The largest absolute Gasteiger partial charge is 0.508 e. The molecule has 0 bridgehead atoms. The number of phenolic OH excluding ortho intramolecular Hbond substituents is 5. The van der Waals surface area contributed by atoms with E-state index in [1.165, 1.54) is 12.1 Å². The van der Waals surface area contributed by atoms with Crippen LogP contribution in [0.5, 0.6) is 28.7 Å². The van der Waals surface area contributed by atoms with Gasteiger partial charge in [-0.25, -0.2) is 0 Å². The fraction of sp³-hybridized carbons (Fsp3) is 0. The van der Waals surface area contributed by atoms with E-state index in [1.807, 2.05) is 0 Å². The highest BCUT2D eigenvalue weighted by Crippen LogP contribution is 2.37. The van der Waals surface area contributed by atoms with Gasteiger partial charge in [0, 0.05) is 36.0 Å². The Balaban J connectivity index is 2.36. The Morgan fingerprint density at radius 1 is 0.611 bits per heavy atom. The van der Waals surface area contributed by atoms with Gasteiger partial charge in [0.2, 0.25) is 0 Å². The minimum atomic E-state index is -0.447. The van der Waals surface area contributed by atoms with Gasteiger partial charge in [-0.1, -0.05) is 0 Å². The van der Waals surface area contributed by atoms with Crippen LogP contribution in [0.1, 0.15) is 0 Å². The van der Waals surface area contributed by atoms with Crippen molar-refractivity contribution in [1.82, 2.24) is 0 Å². The molecule has 0 heterocycles. The van der Waals surface area contributed by atoms with Crippen LogP contribution in [-0.4, -0.2) is 25.5 Å². The first-order chi connectivity index (χ1) is 8.45. The van der Waals surface area contributed by atoms with E-state index in [4.69, 9.17) is 5.11 Å². The molecule has 18 heavy (non-hydrogen) atoms. The standard InChI is InChI=1S/C12H11NO5/c14-7-1-6(2-8(15)3-7)13-9-4-11(17)12(18)5-10(9)16/h1-5,13-18H. The summed E-state index contributed by atoms with van der Waals surface area (Å²) in [6.45, 7) is 0. The second-order valence-electron chi connectivity index (χ2n) is 3.72. The third kappa shape index (κ3) is 2.32. The lowest BCUT2D eigenvalue weighted by molar-refractivity contribution is 0.397. The molecular formula is C12H11NO5. The van der Waals surface area contributed by atoms with Gasteiger partial charge in [0.15, 0.2) is 11.5 Å². The molecule has 0 aliphatic carbocycles. The molecule has 0 saturated heterocycles. The number of nitrogens with one attached hydrogen (secondary N) is 1. The summed E-state index contributed by atoms with van der Waals surface area (Å²) in [4.78, 5) is 0. The predicted octanol–water partition coefficient (Wildman–Crippen LogP) is 1.96. The van der Waals surface area contributed by atoms with Crippen molar-refractivity contribution < 1.29 is 25.5 Å². The van der Waals surface area contributed by atoms with E-state index >= 15 is 0 Å². The molecule has 0 fully saturated rings. The Morgan fingerprint density at radius 3 is 1.78 bits per heavy atom. The highest BCUT2D eigenvalue weighted by atomic mass is 16.3. The highest BCUT2D eigenvalue weighted by Gasteiger charge is 2.08. The normalized spacial score (nSPS) is 10.2. The number of anilines is 2. The van der Waals surface area contributed by atoms with Gasteiger partial charge in [0.1, 0.15) is 17.2 Å². The summed E-state index contributed by atoms with van der Waals surface area (Å²) in [5.74, 6) is -1.44. The van der Waals surface area contributed by atoms with E-state index in [2.05, 4.69) is 5.32 Å². The Hall–Kier alpha value is -2.76. The molecule has 0 aliphatic rings. The van der Waals surface area contributed by atoms with Crippen LogP contribution in [-0.2, 0) is 0 Å². The van der Waals surface area contributed by atoms with Crippen molar-refractivity contribution in [3.8, 4) is 28.7 Å². The molecule has 0 spiro atoms. The summed E-state index contributed by atoms with van der Waals surface area (Å²) in [7, 11) is 0. The van der Waals surface area contributed by atoms with E-state index in [-0.39, 0.29) is 22.9 Å². The zero-order valence-corrected chi connectivity index (χ0v) is 9.12. The Bertz CT molecular complexity index is 577. The van der Waals surface area contributed by atoms with Gasteiger partial charge in [-0.05, 0) is 0 Å². The van der Waals surface area contributed by atoms with Crippen molar-refractivity contribution in [3.63, 3.8) is 0 Å². The summed E-state index contributed by atoms with van der Waals surface area (Å²) in [5, 5.41) is 49.3. The number of hydrogen-bond donors (Lipinski definition) is 6. The summed E-state index contributed by atoms with van der Waals surface area (Å²) < 4.78 is 0. The average molecular weight is 249 g/mol. The van der Waals surface area contributed by atoms with E-state index in [0.29, 0.717) is 5.69 Å². The second-order valence-corrected chi connectivity index (χ2v) is 3.72. The van der Waals surface area contributed by atoms with Crippen LogP contribution in [0, 0.1) is 0 Å². The number of aromatic hydroxyl groups is 5. The van der Waals surface area contributed by atoms with Crippen LogP contribution >= 0.6 is 0 Å². The lowest BCUT2D eigenvalue weighted by Crippen LogP contribution is -1.90. The topological polar surface area (TPSA) is 113 Å². The third-order valence-electron chi connectivity index (χ3n) is 2.27. The van der Waals surface area contributed by atoms with E-state index < -0.39 is 11.5 Å². The highest BCUT2D eigenvalue weighted by molar-refractivity contribution is 5.71. The summed E-state index contributed by atoms with van der Waals surface area (Å²) in [6, 6.07) is 5.89. The molecule has 2 rings (SSSR count). The summed E-state index contributed by atoms with van der Waals surface area (Å²) in [5.41, 5.74) is 0.434. The molecule has 0 unspecified atom stereocenters. The first kappa shape index (κ1) is 11.7. The van der Waals surface area contributed by atoms with Crippen molar-refractivity contribution >= 4 is 11.4 Å². The first-order valence-electron chi connectivity index (χ1n) is 5.00. The van der Waals surface area contributed by atoms with Gasteiger partial charge < -0.3 is 30.8 Å². The molecule has 0 radical (unpaired) electrons. The summed E-state index contributed by atoms with van der Waals surface area (Å²) >= 11 is 0. The maximum atomic E-state index is 9.56. The lowest BCUT2D eigenvalue weighted by atomic mass is 10.2. The Morgan fingerprint density at radius 2 is 1.17 bits per heavy atom. The van der Waals surface area contributed by atoms with Crippen LogP contribution in [0.4, 0.5) is 11.4 Å². The number of rotatable bonds is 2. The van der Waals surface area contributed by atoms with Gasteiger partial charge in [0.05, 0.1) is 5.69 Å². The maximum Gasteiger partial charge on any atom is 0.161 e. The van der Waals surface area contributed by atoms with Crippen molar-refractivity contribution in [2.24, 2.45) is 0 Å². The summed E-state index contributed by atoms with van der Waals surface area (Å²) in [6.07, 6.45) is 0. The Kier molecular flexibility index (Phi) is 2.77. The van der Waals surface area contributed by atoms with E-state index in [1.54, 1.807) is 0 Å². The molecule has 0 saturated carbocycles. The monoisotopic (exact) mass is 249 g/mol. The molecule has 0 aliphatic heterocycles. The van der Waals surface area contributed by atoms with Gasteiger partial charge in [-0.15, -0.1) is 0 Å². The van der Waals surface area contributed by atoms with Crippen LogP contribution in [0.15, 0.2) is 30.3 Å². The number of benzene rings is 2. The third-order valence-corrected chi connectivity index (χ3v) is 2.27. The van der Waals surface area contributed by atoms with Gasteiger partial charge in [0.25, 0.3) is 0 Å². The predicted molar refractivity (Wildman–Crippen MR) is 64.5 cm³/mol. The van der Waals surface area contributed by atoms with Gasteiger partial charge in [-0.2, -0.15) is 0 Å². The van der Waals surface area contributed by atoms with E-state index in [9.17, 15) is 20.4 Å². The molecule has 6 N–H and O–H groups in total. The van der Waals surface area contributed by atoms with Crippen LogP contribution in [0.2, 0.25) is 0 Å². The van der Waals surface area contributed by atoms with Crippen molar-refractivity contribution in [2.75, 3.05) is 5.32 Å². The fourth-order valence-electron chi connectivity index (χ4n) is 1.49. The first-order valence-corrected chi connectivity index (χ1v) is 5.00. The zero-order valence-electron chi connectivity index (χ0n) is 9.12. The smallest absolute Gasteiger partial charge is 0.161 e.